The number of benzene rings is 1. The molecule has 1 aromatic carbocycles. The summed E-state index contributed by atoms with van der Waals surface area (Å²) in [5.41, 5.74) is 5.11. The number of nitrogen functional groups attached to an aromatic ring is 1. The number of anilines is 1. The van der Waals surface area contributed by atoms with Crippen molar-refractivity contribution in [2.45, 2.75) is 12.6 Å². The highest BCUT2D eigenvalue weighted by molar-refractivity contribution is 6.18. The van der Waals surface area contributed by atoms with E-state index >= 15 is 0 Å². The van der Waals surface area contributed by atoms with Crippen molar-refractivity contribution in [3.05, 3.63) is 29.3 Å². The Morgan fingerprint density at radius 1 is 1.31 bits per heavy atom. The Kier molecular flexibility index (Phi) is 4.08. The van der Waals surface area contributed by atoms with E-state index in [1.807, 2.05) is 0 Å². The van der Waals surface area contributed by atoms with Crippen molar-refractivity contribution >= 4 is 17.3 Å². The highest BCUT2D eigenvalue weighted by Crippen LogP contribution is 2.31. The third-order valence-electron chi connectivity index (χ3n) is 1.82. The smallest absolute Gasteiger partial charge is 0.398 e. The summed E-state index contributed by atoms with van der Waals surface area (Å²) in [5.74, 6) is 5.76. The van der Waals surface area contributed by atoms with Gasteiger partial charge in [-0.05, 0) is 18.2 Å². The Hall–Kier alpha value is -1.34. The third-order valence-corrected chi connectivity index (χ3v) is 2.01. The summed E-state index contributed by atoms with van der Waals surface area (Å²) in [5, 5.41) is 0. The van der Waals surface area contributed by atoms with E-state index in [1.54, 1.807) is 0 Å². The van der Waals surface area contributed by atoms with Gasteiger partial charge in [-0.2, -0.15) is 13.2 Å². The van der Waals surface area contributed by atoms with Crippen LogP contribution in [0, 0.1) is 11.8 Å². The SMILES string of the molecule is Nc1cc(C(F)(F)F)ccc1C#CCCCl. The lowest BCUT2D eigenvalue weighted by Crippen LogP contribution is -2.06. The second-order valence-electron chi connectivity index (χ2n) is 3.04. The average molecular weight is 248 g/mol. The van der Waals surface area contributed by atoms with Crippen molar-refractivity contribution in [1.82, 2.24) is 0 Å². The van der Waals surface area contributed by atoms with Crippen LogP contribution in [0.1, 0.15) is 17.5 Å². The number of hydrogen-bond acceptors (Lipinski definition) is 1. The van der Waals surface area contributed by atoms with Gasteiger partial charge in [-0.3, -0.25) is 0 Å². The quantitative estimate of drug-likeness (QED) is 0.460. The first kappa shape index (κ1) is 12.7. The number of nitrogens with two attached hydrogens (primary N) is 1. The zero-order chi connectivity index (χ0) is 12.2. The molecule has 0 fully saturated rings. The molecule has 2 N–H and O–H groups in total. The summed E-state index contributed by atoms with van der Waals surface area (Å²) in [6.45, 7) is 0. The van der Waals surface area contributed by atoms with Gasteiger partial charge in [0, 0.05) is 23.6 Å². The lowest BCUT2D eigenvalue weighted by atomic mass is 10.1. The minimum atomic E-state index is -4.38. The molecule has 0 amide bonds. The van der Waals surface area contributed by atoms with Gasteiger partial charge in [0.2, 0.25) is 0 Å². The van der Waals surface area contributed by atoms with Crippen LogP contribution in [-0.2, 0) is 6.18 Å². The van der Waals surface area contributed by atoms with Gasteiger partial charge in [0.25, 0.3) is 0 Å². The van der Waals surface area contributed by atoms with Gasteiger partial charge >= 0.3 is 6.18 Å². The highest BCUT2D eigenvalue weighted by atomic mass is 35.5. The Morgan fingerprint density at radius 2 is 2.00 bits per heavy atom. The predicted octanol–water partition coefficient (Wildman–Crippen LogP) is 3.27. The van der Waals surface area contributed by atoms with E-state index in [0.29, 0.717) is 17.9 Å². The first-order valence-corrected chi connectivity index (χ1v) is 5.00. The maximum Gasteiger partial charge on any atom is 0.416 e. The molecule has 0 aromatic heterocycles. The molecular weight excluding hydrogens is 239 g/mol. The Morgan fingerprint density at radius 3 is 2.50 bits per heavy atom. The minimum absolute atomic E-state index is 0.0249. The molecule has 1 rings (SSSR count). The Bertz CT molecular complexity index is 429. The molecule has 1 nitrogen and oxygen atoms in total. The lowest BCUT2D eigenvalue weighted by molar-refractivity contribution is -0.137. The minimum Gasteiger partial charge on any atom is -0.398 e. The lowest BCUT2D eigenvalue weighted by Gasteiger charge is -2.07. The molecule has 86 valence electrons. The van der Waals surface area contributed by atoms with Crippen LogP contribution >= 0.6 is 11.6 Å². The number of halogens is 4. The first-order chi connectivity index (χ1) is 7.45. The molecule has 0 aliphatic heterocycles. The number of hydrogen-bond donors (Lipinski definition) is 1. The summed E-state index contributed by atoms with van der Waals surface area (Å²) in [6, 6.07) is 3.10. The molecule has 0 saturated heterocycles. The van der Waals surface area contributed by atoms with Crippen molar-refractivity contribution in [2.75, 3.05) is 11.6 Å². The van der Waals surface area contributed by atoms with E-state index in [9.17, 15) is 13.2 Å². The fourth-order valence-corrected chi connectivity index (χ4v) is 1.15. The summed E-state index contributed by atoms with van der Waals surface area (Å²) >= 11 is 5.41. The fraction of sp³-hybridized carbons (Fsp3) is 0.273. The van der Waals surface area contributed by atoms with Gasteiger partial charge in [0.15, 0.2) is 0 Å². The molecular formula is C11H9ClF3N. The average Bonchev–Trinajstić information content (AvgIpc) is 2.19. The Balaban J connectivity index is 2.98. The normalized spacial score (nSPS) is 10.8. The van der Waals surface area contributed by atoms with Crippen LogP contribution in [0.4, 0.5) is 18.9 Å². The largest absolute Gasteiger partial charge is 0.416 e. The van der Waals surface area contributed by atoms with Crippen LogP contribution < -0.4 is 5.73 Å². The van der Waals surface area contributed by atoms with Crippen molar-refractivity contribution in [3.8, 4) is 11.8 Å². The van der Waals surface area contributed by atoms with Crippen LogP contribution in [0.2, 0.25) is 0 Å². The van der Waals surface area contributed by atoms with Crippen molar-refractivity contribution < 1.29 is 13.2 Å². The van der Waals surface area contributed by atoms with Gasteiger partial charge in [0.05, 0.1) is 5.56 Å². The van der Waals surface area contributed by atoms with Gasteiger partial charge in [0.1, 0.15) is 0 Å². The van der Waals surface area contributed by atoms with Crippen LogP contribution in [-0.4, -0.2) is 5.88 Å². The molecule has 0 radical (unpaired) electrons. The second kappa shape index (κ2) is 5.13. The maximum absolute atomic E-state index is 12.3. The molecule has 0 aliphatic carbocycles. The van der Waals surface area contributed by atoms with E-state index in [-0.39, 0.29) is 5.69 Å². The zero-order valence-corrected chi connectivity index (χ0v) is 8.99. The van der Waals surface area contributed by atoms with Gasteiger partial charge in [-0.15, -0.1) is 11.6 Å². The van der Waals surface area contributed by atoms with E-state index in [1.165, 1.54) is 6.07 Å². The van der Waals surface area contributed by atoms with E-state index < -0.39 is 11.7 Å². The number of alkyl halides is 4. The summed E-state index contributed by atoms with van der Waals surface area (Å²) in [6.07, 6.45) is -3.90. The maximum atomic E-state index is 12.3. The molecule has 0 unspecified atom stereocenters. The second-order valence-corrected chi connectivity index (χ2v) is 3.42. The highest BCUT2D eigenvalue weighted by Gasteiger charge is 2.30. The third kappa shape index (κ3) is 3.35. The molecule has 0 aliphatic rings. The molecule has 0 bridgehead atoms. The van der Waals surface area contributed by atoms with E-state index in [0.717, 1.165) is 12.1 Å². The van der Waals surface area contributed by atoms with Gasteiger partial charge in [-0.1, -0.05) is 11.8 Å². The van der Waals surface area contributed by atoms with Crippen LogP contribution in [0.25, 0.3) is 0 Å². The molecule has 0 saturated carbocycles. The van der Waals surface area contributed by atoms with Crippen molar-refractivity contribution in [2.24, 2.45) is 0 Å². The molecule has 0 atom stereocenters. The van der Waals surface area contributed by atoms with Crippen molar-refractivity contribution in [3.63, 3.8) is 0 Å². The van der Waals surface area contributed by atoms with Gasteiger partial charge in [-0.25, -0.2) is 0 Å². The summed E-state index contributed by atoms with van der Waals surface area (Å²) in [4.78, 5) is 0. The molecule has 16 heavy (non-hydrogen) atoms. The zero-order valence-electron chi connectivity index (χ0n) is 8.24. The molecule has 5 heteroatoms. The first-order valence-electron chi connectivity index (χ1n) is 4.46. The van der Waals surface area contributed by atoms with Crippen LogP contribution in [0.5, 0.6) is 0 Å². The monoisotopic (exact) mass is 247 g/mol. The van der Waals surface area contributed by atoms with Crippen molar-refractivity contribution in [1.29, 1.82) is 0 Å². The number of rotatable bonds is 1. The molecule has 1 aromatic rings. The van der Waals surface area contributed by atoms with Gasteiger partial charge < -0.3 is 5.73 Å². The standard InChI is InChI=1S/C11H9ClF3N/c12-6-2-1-3-8-4-5-9(7-10(8)16)11(13,14)15/h4-5,7H,2,6,16H2. The predicted molar refractivity (Wildman–Crippen MR) is 58.1 cm³/mol. The summed E-state index contributed by atoms with van der Waals surface area (Å²) in [7, 11) is 0. The van der Waals surface area contributed by atoms with E-state index in [2.05, 4.69) is 11.8 Å². The fourth-order valence-electron chi connectivity index (χ4n) is 1.06. The van der Waals surface area contributed by atoms with E-state index in [4.69, 9.17) is 17.3 Å². The van der Waals surface area contributed by atoms with Crippen LogP contribution in [0.15, 0.2) is 18.2 Å². The molecule has 0 spiro atoms. The molecule has 0 heterocycles. The van der Waals surface area contributed by atoms with Crippen LogP contribution in [0.3, 0.4) is 0 Å². The summed E-state index contributed by atoms with van der Waals surface area (Å²) < 4.78 is 36.9. The topological polar surface area (TPSA) is 26.0 Å². The Labute approximate surface area is 96.4 Å².